The molecule has 2 aliphatic rings. The highest BCUT2D eigenvalue weighted by molar-refractivity contribution is 5.33. The number of piperidine rings is 1. The Balaban J connectivity index is 1.60. The van der Waals surface area contributed by atoms with Crippen LogP contribution in [0.3, 0.4) is 0 Å². The number of para-hydroxylation sites is 1. The first-order valence-corrected chi connectivity index (χ1v) is 8.49. The molecule has 0 saturated carbocycles. The van der Waals surface area contributed by atoms with Crippen molar-refractivity contribution in [3.05, 3.63) is 29.8 Å². The molecule has 0 amide bonds. The summed E-state index contributed by atoms with van der Waals surface area (Å²) in [6.45, 7) is 1.88. The summed E-state index contributed by atoms with van der Waals surface area (Å²) < 4.78 is 35.6. The Bertz CT molecular complexity index is 557. The van der Waals surface area contributed by atoms with Crippen LogP contribution >= 0.6 is 0 Å². The van der Waals surface area contributed by atoms with Crippen LogP contribution in [0, 0.1) is 0 Å². The molecule has 0 radical (unpaired) electrons. The molecule has 1 unspecified atom stereocenters. The molecule has 1 N–H and O–H groups in total. The Labute approximate surface area is 141 Å². The van der Waals surface area contributed by atoms with Gasteiger partial charge in [-0.1, -0.05) is 18.2 Å². The van der Waals surface area contributed by atoms with Gasteiger partial charge in [-0.05, 0) is 32.3 Å². The largest absolute Gasteiger partial charge is 0.434 e. The highest BCUT2D eigenvalue weighted by Gasteiger charge is 2.44. The maximum Gasteiger partial charge on any atom is 0.387 e. The van der Waals surface area contributed by atoms with Crippen molar-refractivity contribution in [2.45, 2.75) is 57.0 Å². The van der Waals surface area contributed by atoms with Gasteiger partial charge in [-0.3, -0.25) is 4.90 Å². The molecule has 1 aromatic carbocycles. The van der Waals surface area contributed by atoms with Crippen LogP contribution < -0.4 is 4.74 Å². The minimum atomic E-state index is -2.81. The molecule has 2 heterocycles. The summed E-state index contributed by atoms with van der Waals surface area (Å²) >= 11 is 0. The van der Waals surface area contributed by atoms with Gasteiger partial charge >= 0.3 is 6.61 Å². The van der Waals surface area contributed by atoms with Crippen molar-refractivity contribution in [3.8, 4) is 5.75 Å². The zero-order valence-electron chi connectivity index (χ0n) is 14.0. The number of benzene rings is 1. The third kappa shape index (κ3) is 4.23. The molecule has 4 nitrogen and oxygen atoms in total. The lowest BCUT2D eigenvalue weighted by Crippen LogP contribution is -2.53. The summed E-state index contributed by atoms with van der Waals surface area (Å²) in [6.07, 6.45) is 3.04. The van der Waals surface area contributed by atoms with Gasteiger partial charge in [0.25, 0.3) is 0 Å². The Morgan fingerprint density at radius 3 is 2.62 bits per heavy atom. The predicted octanol–water partition coefficient (Wildman–Crippen LogP) is 3.18. The highest BCUT2D eigenvalue weighted by atomic mass is 19.3. The van der Waals surface area contributed by atoms with Crippen molar-refractivity contribution in [1.82, 2.24) is 4.90 Å². The van der Waals surface area contributed by atoms with E-state index in [-0.39, 0.29) is 11.4 Å². The van der Waals surface area contributed by atoms with E-state index in [1.165, 1.54) is 0 Å². The second-order valence-electron chi connectivity index (χ2n) is 7.22. The number of hydrogen-bond acceptors (Lipinski definition) is 4. The Hall–Kier alpha value is -1.24. The third-order valence-electron chi connectivity index (χ3n) is 5.10. The van der Waals surface area contributed by atoms with Crippen molar-refractivity contribution < 1.29 is 23.4 Å². The minimum absolute atomic E-state index is 0.239. The van der Waals surface area contributed by atoms with Crippen LogP contribution in [-0.4, -0.2) is 47.5 Å². The highest BCUT2D eigenvalue weighted by Crippen LogP contribution is 2.39. The molecule has 2 fully saturated rings. The molecule has 6 heteroatoms. The number of likely N-dealkylation sites (tertiary alicyclic amines) is 1. The van der Waals surface area contributed by atoms with Gasteiger partial charge in [0.1, 0.15) is 5.75 Å². The van der Waals surface area contributed by atoms with E-state index in [0.717, 1.165) is 31.5 Å². The fourth-order valence-corrected chi connectivity index (χ4v) is 3.85. The number of aliphatic hydroxyl groups is 1. The van der Waals surface area contributed by atoms with E-state index in [2.05, 4.69) is 9.64 Å². The Kier molecular flexibility index (Phi) is 5.08. The van der Waals surface area contributed by atoms with Crippen molar-refractivity contribution in [3.63, 3.8) is 0 Å². The topological polar surface area (TPSA) is 41.9 Å². The van der Waals surface area contributed by atoms with Crippen molar-refractivity contribution in [2.75, 3.05) is 19.7 Å². The van der Waals surface area contributed by atoms with Crippen LogP contribution in [-0.2, 0) is 11.3 Å². The molecule has 3 rings (SSSR count). The maximum absolute atomic E-state index is 12.5. The average molecular weight is 341 g/mol. The molecule has 2 aliphatic heterocycles. The van der Waals surface area contributed by atoms with E-state index in [1.54, 1.807) is 12.1 Å². The van der Waals surface area contributed by atoms with Gasteiger partial charge < -0.3 is 14.6 Å². The van der Waals surface area contributed by atoms with E-state index >= 15 is 0 Å². The zero-order valence-corrected chi connectivity index (χ0v) is 14.0. The van der Waals surface area contributed by atoms with Gasteiger partial charge in [-0.15, -0.1) is 0 Å². The molecule has 134 valence electrons. The molecule has 1 aromatic rings. The van der Waals surface area contributed by atoms with Crippen LogP contribution in [0.5, 0.6) is 5.75 Å². The molecule has 2 saturated heterocycles. The minimum Gasteiger partial charge on any atom is -0.434 e. The molecule has 1 spiro atoms. The number of halogens is 2. The van der Waals surface area contributed by atoms with Crippen LogP contribution in [0.15, 0.2) is 24.3 Å². The number of alkyl halides is 2. The average Bonchev–Trinajstić information content (AvgIpc) is 2.50. The van der Waals surface area contributed by atoms with E-state index in [9.17, 15) is 13.9 Å². The van der Waals surface area contributed by atoms with Crippen LogP contribution in [0.2, 0.25) is 0 Å². The molecule has 1 atom stereocenters. The van der Waals surface area contributed by atoms with E-state index in [4.69, 9.17) is 4.74 Å². The summed E-state index contributed by atoms with van der Waals surface area (Å²) in [4.78, 5) is 2.23. The SMILES string of the molecule is CC1(O)CCOC2(CCN(Cc3ccccc3OC(F)F)CC2)C1. The molecular formula is C18H25F2NO3. The smallest absolute Gasteiger partial charge is 0.387 e. The maximum atomic E-state index is 12.5. The third-order valence-corrected chi connectivity index (χ3v) is 5.10. The van der Waals surface area contributed by atoms with Crippen LogP contribution in [0.25, 0.3) is 0 Å². The quantitative estimate of drug-likeness (QED) is 0.913. The van der Waals surface area contributed by atoms with E-state index in [1.807, 2.05) is 19.1 Å². The fourth-order valence-electron chi connectivity index (χ4n) is 3.85. The molecular weight excluding hydrogens is 316 g/mol. The summed E-state index contributed by atoms with van der Waals surface area (Å²) in [7, 11) is 0. The molecule has 0 aromatic heterocycles. The van der Waals surface area contributed by atoms with E-state index < -0.39 is 12.2 Å². The molecule has 0 bridgehead atoms. The molecule has 24 heavy (non-hydrogen) atoms. The fraction of sp³-hybridized carbons (Fsp3) is 0.667. The normalized spacial score (nSPS) is 27.5. The monoisotopic (exact) mass is 341 g/mol. The lowest BCUT2D eigenvalue weighted by Gasteiger charge is -2.48. The van der Waals surface area contributed by atoms with Crippen LogP contribution in [0.1, 0.15) is 38.2 Å². The lowest BCUT2D eigenvalue weighted by molar-refractivity contribution is -0.173. The Morgan fingerprint density at radius 1 is 1.25 bits per heavy atom. The lowest BCUT2D eigenvalue weighted by atomic mass is 9.78. The van der Waals surface area contributed by atoms with Gasteiger partial charge in [0, 0.05) is 31.6 Å². The predicted molar refractivity (Wildman–Crippen MR) is 86.1 cm³/mol. The van der Waals surface area contributed by atoms with Crippen molar-refractivity contribution in [1.29, 1.82) is 0 Å². The zero-order chi connectivity index (χ0) is 17.2. The summed E-state index contributed by atoms with van der Waals surface area (Å²) in [6, 6.07) is 6.93. The summed E-state index contributed by atoms with van der Waals surface area (Å²) in [5, 5.41) is 10.3. The number of hydrogen-bond donors (Lipinski definition) is 1. The molecule has 0 aliphatic carbocycles. The number of ether oxygens (including phenoxy) is 2. The van der Waals surface area contributed by atoms with Crippen LogP contribution in [0.4, 0.5) is 8.78 Å². The second-order valence-corrected chi connectivity index (χ2v) is 7.22. The summed E-state index contributed by atoms with van der Waals surface area (Å²) in [5.41, 5.74) is -0.125. The standard InChI is InChI=1S/C18H25F2NO3/c1-17(22)8-11-23-18(13-17)6-9-21(10-7-18)12-14-4-2-3-5-15(14)24-16(19)20/h2-5,16,22H,6-13H2,1H3. The van der Waals surface area contributed by atoms with Gasteiger partial charge in [0.05, 0.1) is 17.8 Å². The first-order valence-electron chi connectivity index (χ1n) is 8.49. The first kappa shape index (κ1) is 17.6. The summed E-state index contributed by atoms with van der Waals surface area (Å²) in [5.74, 6) is 0.240. The number of rotatable bonds is 4. The van der Waals surface area contributed by atoms with E-state index in [0.29, 0.717) is 26.0 Å². The van der Waals surface area contributed by atoms with Gasteiger partial charge in [-0.25, -0.2) is 0 Å². The van der Waals surface area contributed by atoms with Crippen molar-refractivity contribution in [2.24, 2.45) is 0 Å². The van der Waals surface area contributed by atoms with Crippen molar-refractivity contribution >= 4 is 0 Å². The first-order chi connectivity index (χ1) is 11.4. The van der Waals surface area contributed by atoms with Gasteiger partial charge in [-0.2, -0.15) is 8.78 Å². The van der Waals surface area contributed by atoms with Gasteiger partial charge in [0.15, 0.2) is 0 Å². The Morgan fingerprint density at radius 2 is 1.96 bits per heavy atom. The van der Waals surface area contributed by atoms with Gasteiger partial charge in [0.2, 0.25) is 0 Å². The number of nitrogens with zero attached hydrogens (tertiary/aromatic N) is 1. The second kappa shape index (κ2) is 6.94.